The Kier molecular flexibility index (Phi) is 9.81. The Labute approximate surface area is 260 Å². The highest BCUT2D eigenvalue weighted by Gasteiger charge is 2.27. The predicted molar refractivity (Wildman–Crippen MR) is 165 cm³/mol. The fraction of sp³-hybridized carbons (Fsp3) is 0.294. The maximum absolute atomic E-state index is 13.3. The molecule has 11 nitrogen and oxygen atoms in total. The van der Waals surface area contributed by atoms with Crippen molar-refractivity contribution in [1.82, 2.24) is 5.32 Å². The van der Waals surface area contributed by atoms with Crippen molar-refractivity contribution < 1.29 is 42.5 Å². The van der Waals surface area contributed by atoms with Gasteiger partial charge in [0.15, 0.2) is 0 Å². The minimum atomic E-state index is -1.16. The number of benzene rings is 3. The van der Waals surface area contributed by atoms with E-state index in [1.807, 2.05) is 6.07 Å². The molecule has 11 heteroatoms. The first-order valence-corrected chi connectivity index (χ1v) is 14.1. The lowest BCUT2D eigenvalue weighted by molar-refractivity contribution is -0.136. The summed E-state index contributed by atoms with van der Waals surface area (Å²) in [5.41, 5.74) is -1.13. The third kappa shape index (κ3) is 9.85. The van der Waals surface area contributed by atoms with Crippen LogP contribution >= 0.6 is 0 Å². The van der Waals surface area contributed by atoms with Crippen LogP contribution in [0.5, 0.6) is 23.0 Å². The van der Waals surface area contributed by atoms with Crippen molar-refractivity contribution in [3.8, 4) is 23.0 Å². The van der Waals surface area contributed by atoms with Crippen molar-refractivity contribution in [2.24, 2.45) is 0 Å². The molecular weight excluding hydrogens is 582 g/mol. The summed E-state index contributed by atoms with van der Waals surface area (Å²) in [7, 11) is 0. The van der Waals surface area contributed by atoms with E-state index in [1.54, 1.807) is 77.9 Å². The Hall–Kier alpha value is -5.32. The summed E-state index contributed by atoms with van der Waals surface area (Å²) in [6, 6.07) is 18.3. The van der Waals surface area contributed by atoms with E-state index < -0.39 is 40.9 Å². The second-order valence-electron chi connectivity index (χ2n) is 12.0. The van der Waals surface area contributed by atoms with Gasteiger partial charge in [-0.3, -0.25) is 4.79 Å². The number of amides is 1. The molecule has 3 aromatic carbocycles. The van der Waals surface area contributed by atoms with Gasteiger partial charge in [-0.1, -0.05) is 30.3 Å². The molecule has 0 fully saturated rings. The van der Waals surface area contributed by atoms with Gasteiger partial charge in [-0.15, -0.1) is 0 Å². The van der Waals surface area contributed by atoms with Gasteiger partial charge in [0.1, 0.15) is 46.3 Å². The molecule has 1 atom stereocenters. The third-order valence-electron chi connectivity index (χ3n) is 5.83. The number of fused-ring (bicyclic) bond motifs is 1. The minimum Gasteiger partial charge on any atom is -0.460 e. The fourth-order valence-electron chi connectivity index (χ4n) is 3.97. The van der Waals surface area contributed by atoms with Gasteiger partial charge in [0, 0.05) is 12.5 Å². The first-order chi connectivity index (χ1) is 21.1. The lowest BCUT2D eigenvalue weighted by Gasteiger charge is -2.23. The van der Waals surface area contributed by atoms with Gasteiger partial charge >= 0.3 is 18.2 Å². The molecule has 0 aliphatic rings. The first-order valence-electron chi connectivity index (χ1n) is 14.1. The van der Waals surface area contributed by atoms with Crippen LogP contribution in [0, 0.1) is 0 Å². The van der Waals surface area contributed by atoms with Crippen molar-refractivity contribution in [1.29, 1.82) is 0 Å². The van der Waals surface area contributed by atoms with E-state index in [0.717, 1.165) is 0 Å². The average Bonchev–Trinajstić information content (AvgIpc) is 2.94. The van der Waals surface area contributed by atoms with Crippen LogP contribution in [-0.2, 0) is 20.7 Å². The van der Waals surface area contributed by atoms with Crippen LogP contribution in [0.3, 0.4) is 0 Å². The molecule has 0 bridgehead atoms. The maximum Gasteiger partial charge on any atom is 0.514 e. The Morgan fingerprint density at radius 2 is 1.42 bits per heavy atom. The van der Waals surface area contributed by atoms with E-state index in [1.165, 1.54) is 36.6 Å². The number of ether oxygens (including phenoxy) is 5. The zero-order valence-electron chi connectivity index (χ0n) is 25.9. The number of rotatable bonds is 8. The highest BCUT2D eigenvalue weighted by atomic mass is 16.7. The second kappa shape index (κ2) is 13.5. The molecule has 0 aliphatic carbocycles. The highest BCUT2D eigenvalue weighted by molar-refractivity contribution is 5.85. The van der Waals surface area contributed by atoms with Crippen molar-refractivity contribution >= 4 is 29.2 Å². The van der Waals surface area contributed by atoms with Crippen molar-refractivity contribution in [2.45, 2.75) is 65.2 Å². The summed E-state index contributed by atoms with van der Waals surface area (Å²) in [5.74, 6) is 0.0124. The molecule has 1 amide bonds. The van der Waals surface area contributed by atoms with Crippen molar-refractivity contribution in [3.05, 3.63) is 94.8 Å². The zero-order chi connectivity index (χ0) is 32.8. The Bertz CT molecular complexity index is 1710. The Morgan fingerprint density at radius 3 is 2.07 bits per heavy atom. The molecule has 236 valence electrons. The number of carbonyl (C=O) groups is 3. The average molecular weight is 618 g/mol. The van der Waals surface area contributed by atoms with E-state index in [-0.39, 0.29) is 34.6 Å². The monoisotopic (exact) mass is 617 g/mol. The molecule has 1 N–H and O–H groups in total. The molecule has 0 spiro atoms. The van der Waals surface area contributed by atoms with Gasteiger partial charge in [-0.05, 0) is 83.5 Å². The first kappa shape index (κ1) is 32.6. The normalized spacial score (nSPS) is 12.1. The minimum absolute atomic E-state index is 0.00239. The van der Waals surface area contributed by atoms with Crippen LogP contribution in [-0.4, -0.2) is 35.5 Å². The number of hydrogen-bond acceptors (Lipinski definition) is 10. The van der Waals surface area contributed by atoms with E-state index in [9.17, 15) is 19.2 Å². The fourth-order valence-corrected chi connectivity index (χ4v) is 3.97. The van der Waals surface area contributed by atoms with Crippen molar-refractivity contribution in [3.63, 3.8) is 0 Å². The molecule has 0 saturated heterocycles. The summed E-state index contributed by atoms with van der Waals surface area (Å²) in [6.45, 7) is 10.3. The summed E-state index contributed by atoms with van der Waals surface area (Å²) >= 11 is 0. The molecule has 1 heterocycles. The molecule has 0 aliphatic heterocycles. The van der Waals surface area contributed by atoms with Crippen LogP contribution in [0.25, 0.3) is 11.0 Å². The van der Waals surface area contributed by atoms with Crippen LogP contribution in [0.2, 0.25) is 0 Å². The Balaban J connectivity index is 1.50. The lowest BCUT2D eigenvalue weighted by Crippen LogP contribution is -2.46. The topological polar surface area (TPSA) is 140 Å². The smallest absolute Gasteiger partial charge is 0.460 e. The summed E-state index contributed by atoms with van der Waals surface area (Å²) in [5, 5.41) is 2.78. The summed E-state index contributed by atoms with van der Waals surface area (Å²) in [6.07, 6.45) is -0.459. The van der Waals surface area contributed by atoms with Gasteiger partial charge in [0.25, 0.3) is 0 Å². The third-order valence-corrected chi connectivity index (χ3v) is 5.83. The number of nitrogens with one attached hydrogen (secondary N) is 1. The van der Waals surface area contributed by atoms with Gasteiger partial charge in [-0.2, -0.15) is 0 Å². The van der Waals surface area contributed by atoms with Gasteiger partial charge in [-0.25, -0.2) is 14.4 Å². The molecule has 4 aromatic rings. The van der Waals surface area contributed by atoms with Gasteiger partial charge < -0.3 is 33.4 Å². The predicted octanol–water partition coefficient (Wildman–Crippen LogP) is 6.94. The molecule has 1 aromatic heterocycles. The number of para-hydroxylation sites is 1. The Morgan fingerprint density at radius 1 is 0.778 bits per heavy atom. The number of alkyl carbamates (subject to hydrolysis) is 1. The van der Waals surface area contributed by atoms with Crippen LogP contribution in [0.15, 0.2) is 88.3 Å². The highest BCUT2D eigenvalue weighted by Crippen LogP contribution is 2.25. The van der Waals surface area contributed by atoms with E-state index in [0.29, 0.717) is 11.3 Å². The molecule has 4 rings (SSSR count). The van der Waals surface area contributed by atoms with Gasteiger partial charge in [0.05, 0.1) is 5.39 Å². The molecule has 45 heavy (non-hydrogen) atoms. The lowest BCUT2D eigenvalue weighted by atomic mass is 10.1. The largest absolute Gasteiger partial charge is 0.514 e. The quantitative estimate of drug-likeness (QED) is 0.126. The summed E-state index contributed by atoms with van der Waals surface area (Å²) in [4.78, 5) is 50.9. The number of esters is 1. The summed E-state index contributed by atoms with van der Waals surface area (Å²) < 4.78 is 32.5. The standard InChI is InChI=1S/C34H35NO10/c1-33(2,3)44-31(38)35-26(18-21-12-14-23(15-13-21)43-32(39)45-34(4,5)6)30(37)42-24-16-17-25-27(19-24)40-20-28(29(25)36)41-22-10-8-7-9-11-22/h7-17,19-20,26H,18H2,1-6H3,(H,35,38)/t26-/m1/s1. The second-order valence-corrected chi connectivity index (χ2v) is 12.0. The molecule has 0 saturated carbocycles. The van der Waals surface area contributed by atoms with Crippen LogP contribution in [0.1, 0.15) is 47.1 Å². The molecule has 0 unspecified atom stereocenters. The van der Waals surface area contributed by atoms with Crippen LogP contribution < -0.4 is 25.0 Å². The van der Waals surface area contributed by atoms with E-state index >= 15 is 0 Å². The van der Waals surface area contributed by atoms with E-state index in [4.69, 9.17) is 28.1 Å². The maximum atomic E-state index is 13.3. The zero-order valence-corrected chi connectivity index (χ0v) is 25.9. The molecule has 0 radical (unpaired) electrons. The van der Waals surface area contributed by atoms with E-state index in [2.05, 4.69) is 5.32 Å². The van der Waals surface area contributed by atoms with Crippen molar-refractivity contribution in [2.75, 3.05) is 0 Å². The SMILES string of the molecule is CC(C)(C)OC(=O)N[C@H](Cc1ccc(OC(=O)OC(C)(C)C)cc1)C(=O)Oc1ccc2c(=O)c(Oc3ccccc3)coc2c1. The number of carbonyl (C=O) groups excluding carboxylic acids is 3. The van der Waals surface area contributed by atoms with Gasteiger partial charge in [0.2, 0.25) is 11.2 Å². The molecular formula is C34H35NO10. The number of hydrogen-bond donors (Lipinski definition) is 1. The van der Waals surface area contributed by atoms with Crippen LogP contribution in [0.4, 0.5) is 9.59 Å².